The van der Waals surface area contributed by atoms with Crippen LogP contribution in [0.1, 0.15) is 36.2 Å². The molecule has 0 bridgehead atoms. The second-order valence-corrected chi connectivity index (χ2v) is 5.05. The molecule has 4 nitrogen and oxygen atoms in total. The molecule has 0 atom stereocenters. The molecule has 5 heteroatoms. The fraction of sp³-hybridized carbons (Fsp3) is 0.429. The number of benzene rings is 1. The van der Waals surface area contributed by atoms with Crippen molar-refractivity contribution >= 4 is 23.1 Å². The summed E-state index contributed by atoms with van der Waals surface area (Å²) in [4.78, 5) is 14.4. The van der Waals surface area contributed by atoms with Crippen molar-refractivity contribution in [1.29, 1.82) is 0 Å². The lowest BCUT2D eigenvalue weighted by Gasteiger charge is -2.26. The van der Waals surface area contributed by atoms with E-state index in [0.717, 1.165) is 0 Å². The molecule has 1 aromatic carbocycles. The predicted octanol–water partition coefficient (Wildman–Crippen LogP) is 1.55. The summed E-state index contributed by atoms with van der Waals surface area (Å²) in [5.41, 5.74) is 6.83. The Morgan fingerprint density at radius 2 is 2.05 bits per heavy atom. The highest BCUT2D eigenvalue weighted by Crippen LogP contribution is 2.11. The second-order valence-electron chi connectivity index (χ2n) is 4.61. The number of thiocarbonyl (C=S) groups is 1. The fourth-order valence-electron chi connectivity index (χ4n) is 1.81. The molecule has 3 N–H and O–H groups in total. The Morgan fingerprint density at radius 1 is 1.42 bits per heavy atom. The van der Waals surface area contributed by atoms with Gasteiger partial charge in [-0.25, -0.2) is 0 Å². The van der Waals surface area contributed by atoms with Crippen LogP contribution in [0.3, 0.4) is 0 Å². The number of carbonyl (C=O) groups excluding carboxylic acids is 1. The largest absolute Gasteiger partial charge is 0.396 e. The number of hydrogen-bond acceptors (Lipinski definition) is 3. The van der Waals surface area contributed by atoms with Crippen LogP contribution in [0.4, 0.5) is 0 Å². The molecule has 0 unspecified atom stereocenters. The lowest BCUT2D eigenvalue weighted by molar-refractivity contribution is 0.0693. The molecule has 19 heavy (non-hydrogen) atoms. The van der Waals surface area contributed by atoms with Gasteiger partial charge in [-0.15, -0.1) is 0 Å². The van der Waals surface area contributed by atoms with Crippen molar-refractivity contribution in [3.63, 3.8) is 0 Å². The summed E-state index contributed by atoms with van der Waals surface area (Å²) in [5, 5.41) is 8.89. The maximum Gasteiger partial charge on any atom is 0.254 e. The SMILES string of the molecule is CC(C)N(CCCO)C(=O)c1cccc(C(N)=S)c1. The lowest BCUT2D eigenvalue weighted by atomic mass is 10.1. The van der Waals surface area contributed by atoms with Gasteiger partial charge in [0.2, 0.25) is 0 Å². The van der Waals surface area contributed by atoms with Crippen LogP contribution >= 0.6 is 12.2 Å². The van der Waals surface area contributed by atoms with Gasteiger partial charge in [-0.1, -0.05) is 24.4 Å². The van der Waals surface area contributed by atoms with E-state index in [4.69, 9.17) is 23.1 Å². The first-order valence-corrected chi connectivity index (χ1v) is 6.70. The van der Waals surface area contributed by atoms with E-state index in [9.17, 15) is 4.79 Å². The Labute approximate surface area is 119 Å². The van der Waals surface area contributed by atoms with Crippen molar-refractivity contribution < 1.29 is 9.90 Å². The molecule has 0 fully saturated rings. The highest BCUT2D eigenvalue weighted by Gasteiger charge is 2.18. The van der Waals surface area contributed by atoms with Gasteiger partial charge in [-0.05, 0) is 32.4 Å². The Morgan fingerprint density at radius 3 is 2.58 bits per heavy atom. The van der Waals surface area contributed by atoms with Crippen LogP contribution in [0.15, 0.2) is 24.3 Å². The summed E-state index contributed by atoms with van der Waals surface area (Å²) in [6.45, 7) is 4.51. The summed E-state index contributed by atoms with van der Waals surface area (Å²) in [5.74, 6) is -0.0680. The molecule has 0 aromatic heterocycles. The van der Waals surface area contributed by atoms with Gasteiger partial charge in [0.25, 0.3) is 5.91 Å². The van der Waals surface area contributed by atoms with Crippen LogP contribution in [0, 0.1) is 0 Å². The number of carbonyl (C=O) groups is 1. The second kappa shape index (κ2) is 7.21. The molecule has 0 aliphatic carbocycles. The van der Waals surface area contributed by atoms with E-state index in [1.165, 1.54) is 0 Å². The van der Waals surface area contributed by atoms with Crippen molar-refractivity contribution in [2.45, 2.75) is 26.3 Å². The molecule has 0 radical (unpaired) electrons. The van der Waals surface area contributed by atoms with Crippen molar-refractivity contribution in [3.8, 4) is 0 Å². The van der Waals surface area contributed by atoms with Crippen LogP contribution in [0.25, 0.3) is 0 Å². The third kappa shape index (κ3) is 4.29. The topological polar surface area (TPSA) is 66.6 Å². The smallest absolute Gasteiger partial charge is 0.254 e. The maximum absolute atomic E-state index is 12.4. The normalized spacial score (nSPS) is 10.5. The number of amides is 1. The summed E-state index contributed by atoms with van der Waals surface area (Å²) >= 11 is 4.92. The minimum absolute atomic E-state index is 0.0680. The van der Waals surface area contributed by atoms with E-state index in [1.807, 2.05) is 13.8 Å². The molecular weight excluding hydrogens is 260 g/mol. The molecule has 1 amide bonds. The molecule has 0 aliphatic heterocycles. The first-order valence-electron chi connectivity index (χ1n) is 6.29. The van der Waals surface area contributed by atoms with Crippen LogP contribution in [0.5, 0.6) is 0 Å². The van der Waals surface area contributed by atoms with Crippen LogP contribution in [0.2, 0.25) is 0 Å². The van der Waals surface area contributed by atoms with E-state index in [1.54, 1.807) is 29.2 Å². The van der Waals surface area contributed by atoms with Crippen molar-refractivity contribution in [1.82, 2.24) is 4.90 Å². The fourth-order valence-corrected chi connectivity index (χ4v) is 1.93. The van der Waals surface area contributed by atoms with Crippen molar-refractivity contribution in [2.75, 3.05) is 13.2 Å². The Balaban J connectivity index is 2.95. The zero-order valence-corrected chi connectivity index (χ0v) is 12.1. The number of aliphatic hydroxyl groups is 1. The molecule has 1 aromatic rings. The molecule has 0 saturated heterocycles. The number of hydrogen-bond donors (Lipinski definition) is 2. The first-order chi connectivity index (χ1) is 8.97. The van der Waals surface area contributed by atoms with Gasteiger partial charge in [0.1, 0.15) is 4.99 Å². The van der Waals surface area contributed by atoms with Gasteiger partial charge < -0.3 is 15.7 Å². The number of aliphatic hydroxyl groups excluding tert-OH is 1. The van der Waals surface area contributed by atoms with E-state index in [2.05, 4.69) is 0 Å². The summed E-state index contributed by atoms with van der Waals surface area (Å²) < 4.78 is 0. The van der Waals surface area contributed by atoms with Gasteiger partial charge in [-0.2, -0.15) is 0 Å². The zero-order chi connectivity index (χ0) is 14.4. The molecule has 1 rings (SSSR count). The van der Waals surface area contributed by atoms with Crippen LogP contribution < -0.4 is 5.73 Å². The molecule has 0 saturated carbocycles. The standard InChI is InChI=1S/C14H20N2O2S/c1-10(2)16(7-4-8-17)14(18)12-6-3-5-11(9-12)13(15)19/h3,5-6,9-10,17H,4,7-8H2,1-2H3,(H2,15,19). The number of nitrogens with two attached hydrogens (primary N) is 1. The van der Waals surface area contributed by atoms with Gasteiger partial charge >= 0.3 is 0 Å². The molecule has 0 spiro atoms. The Bertz CT molecular complexity index is 461. The maximum atomic E-state index is 12.4. The monoisotopic (exact) mass is 280 g/mol. The quantitative estimate of drug-likeness (QED) is 0.776. The van der Waals surface area contributed by atoms with Crippen molar-refractivity contribution in [2.24, 2.45) is 5.73 Å². The van der Waals surface area contributed by atoms with E-state index in [-0.39, 0.29) is 23.5 Å². The molecule has 104 valence electrons. The third-order valence-corrected chi connectivity index (χ3v) is 3.07. The molecule has 0 aliphatic rings. The highest BCUT2D eigenvalue weighted by molar-refractivity contribution is 7.80. The van der Waals surface area contributed by atoms with Crippen molar-refractivity contribution in [3.05, 3.63) is 35.4 Å². The molecule has 0 heterocycles. The van der Waals surface area contributed by atoms with Gasteiger partial charge in [0.05, 0.1) is 0 Å². The van der Waals surface area contributed by atoms with E-state index < -0.39 is 0 Å². The minimum atomic E-state index is -0.0680. The zero-order valence-electron chi connectivity index (χ0n) is 11.3. The van der Waals surface area contributed by atoms with Crippen LogP contribution in [-0.2, 0) is 0 Å². The minimum Gasteiger partial charge on any atom is -0.396 e. The Hall–Kier alpha value is -1.46. The summed E-state index contributed by atoms with van der Waals surface area (Å²) in [6, 6.07) is 7.09. The number of nitrogens with zero attached hydrogens (tertiary/aromatic N) is 1. The van der Waals surface area contributed by atoms with Crippen LogP contribution in [-0.4, -0.2) is 40.1 Å². The number of rotatable bonds is 6. The van der Waals surface area contributed by atoms with E-state index >= 15 is 0 Å². The third-order valence-electron chi connectivity index (χ3n) is 2.84. The average molecular weight is 280 g/mol. The summed E-state index contributed by atoms with van der Waals surface area (Å²) in [7, 11) is 0. The van der Waals surface area contributed by atoms with Gasteiger partial charge in [0.15, 0.2) is 0 Å². The van der Waals surface area contributed by atoms with Gasteiger partial charge in [0, 0.05) is 30.3 Å². The van der Waals surface area contributed by atoms with Gasteiger partial charge in [-0.3, -0.25) is 4.79 Å². The highest BCUT2D eigenvalue weighted by atomic mass is 32.1. The Kier molecular flexibility index (Phi) is 5.92. The van der Waals surface area contributed by atoms with E-state index in [0.29, 0.717) is 24.1 Å². The average Bonchev–Trinajstić information content (AvgIpc) is 2.38. The summed E-state index contributed by atoms with van der Waals surface area (Å²) in [6.07, 6.45) is 0.568. The lowest BCUT2D eigenvalue weighted by Crippen LogP contribution is -2.38. The first kappa shape index (κ1) is 15.6. The predicted molar refractivity (Wildman–Crippen MR) is 80.2 cm³/mol. The molecular formula is C14H20N2O2S.